The number of carbonyl (C=O) groups excluding carboxylic acids is 1. The first-order valence-electron chi connectivity index (χ1n) is 8.75. The number of amides is 2. The second kappa shape index (κ2) is 7.36. The Balaban J connectivity index is 1.42. The Hall–Kier alpha value is -3.94. The molecule has 0 fully saturated rings. The minimum absolute atomic E-state index is 0.287. The summed E-state index contributed by atoms with van der Waals surface area (Å²) in [5.41, 5.74) is 5.16. The molecule has 0 saturated carbocycles. The van der Waals surface area contributed by atoms with E-state index in [0.29, 0.717) is 17.2 Å². The smallest absolute Gasteiger partial charge is 0.323 e. The summed E-state index contributed by atoms with van der Waals surface area (Å²) in [7, 11) is 0. The van der Waals surface area contributed by atoms with Gasteiger partial charge in [0, 0.05) is 17.1 Å². The highest BCUT2D eigenvalue weighted by Gasteiger charge is 2.08. The van der Waals surface area contributed by atoms with Crippen molar-refractivity contribution < 1.29 is 4.79 Å². The van der Waals surface area contributed by atoms with E-state index < -0.39 is 0 Å². The average molecular weight is 373 g/mol. The van der Waals surface area contributed by atoms with Gasteiger partial charge in [-0.05, 0) is 55.3 Å². The molecule has 2 heterocycles. The van der Waals surface area contributed by atoms with Crippen LogP contribution in [0.5, 0.6) is 0 Å². The lowest BCUT2D eigenvalue weighted by atomic mass is 10.1. The van der Waals surface area contributed by atoms with Crippen molar-refractivity contribution in [2.45, 2.75) is 13.8 Å². The maximum Gasteiger partial charge on any atom is 0.323 e. The Labute approximate surface area is 161 Å². The zero-order chi connectivity index (χ0) is 19.5. The lowest BCUT2D eigenvalue weighted by Gasteiger charge is -2.12. The summed E-state index contributed by atoms with van der Waals surface area (Å²) in [6.07, 6.45) is 3.14. The number of aromatic amines is 1. The number of fused-ring (bicyclic) bond motifs is 1. The van der Waals surface area contributed by atoms with Crippen molar-refractivity contribution in [3.8, 4) is 0 Å². The molecule has 0 bridgehead atoms. The predicted molar refractivity (Wildman–Crippen MR) is 110 cm³/mol. The second-order valence-corrected chi connectivity index (χ2v) is 6.38. The van der Waals surface area contributed by atoms with Gasteiger partial charge in [-0.15, -0.1) is 0 Å². The van der Waals surface area contributed by atoms with Gasteiger partial charge in [0.05, 0.1) is 11.6 Å². The Bertz CT molecular complexity index is 1130. The quantitative estimate of drug-likeness (QED) is 0.425. The maximum absolute atomic E-state index is 12.3. The molecule has 4 N–H and O–H groups in total. The van der Waals surface area contributed by atoms with Gasteiger partial charge in [0.25, 0.3) is 0 Å². The summed E-state index contributed by atoms with van der Waals surface area (Å²) in [5.74, 6) is 0.659. The molecule has 0 radical (unpaired) electrons. The van der Waals surface area contributed by atoms with Gasteiger partial charge in [-0.25, -0.2) is 14.8 Å². The van der Waals surface area contributed by atoms with E-state index >= 15 is 0 Å². The minimum atomic E-state index is -0.287. The number of nitrogens with zero attached hydrogens (tertiary/aromatic N) is 3. The molecule has 2 aromatic heterocycles. The van der Waals surface area contributed by atoms with Crippen molar-refractivity contribution in [2.75, 3.05) is 16.0 Å². The number of carbonyl (C=O) groups is 1. The van der Waals surface area contributed by atoms with Gasteiger partial charge in [0.15, 0.2) is 5.65 Å². The van der Waals surface area contributed by atoms with E-state index in [1.807, 2.05) is 56.3 Å². The van der Waals surface area contributed by atoms with E-state index in [1.165, 1.54) is 6.33 Å². The molecule has 8 heteroatoms. The number of rotatable bonds is 4. The SMILES string of the molecule is Cc1cccc(NC(=O)Nc2ccc(Nc3ncnc4[nH]ncc34)cc2)c1C. The zero-order valence-corrected chi connectivity index (χ0v) is 15.4. The van der Waals surface area contributed by atoms with Crippen LogP contribution in [0, 0.1) is 13.8 Å². The van der Waals surface area contributed by atoms with Gasteiger partial charge < -0.3 is 16.0 Å². The van der Waals surface area contributed by atoms with Crippen LogP contribution in [0.4, 0.5) is 27.7 Å². The summed E-state index contributed by atoms with van der Waals surface area (Å²) < 4.78 is 0. The maximum atomic E-state index is 12.3. The van der Waals surface area contributed by atoms with Gasteiger partial charge >= 0.3 is 6.03 Å². The van der Waals surface area contributed by atoms with Crippen molar-refractivity contribution in [2.24, 2.45) is 0 Å². The van der Waals surface area contributed by atoms with Crippen LogP contribution in [0.25, 0.3) is 11.0 Å². The number of hydrogen-bond acceptors (Lipinski definition) is 5. The van der Waals surface area contributed by atoms with E-state index in [-0.39, 0.29) is 6.03 Å². The average Bonchev–Trinajstić information content (AvgIpc) is 3.17. The van der Waals surface area contributed by atoms with Crippen LogP contribution in [-0.2, 0) is 0 Å². The standard InChI is InChI=1S/C20H19N7O/c1-12-4-3-5-17(13(12)2)26-20(28)25-15-8-6-14(7-9-15)24-18-16-10-23-27-19(16)22-11-21-18/h3-11H,1-2H3,(H2,25,26,28)(H2,21,22,23,24,27). The number of nitrogens with one attached hydrogen (secondary N) is 4. The molecule has 0 atom stereocenters. The van der Waals surface area contributed by atoms with Gasteiger partial charge in [-0.2, -0.15) is 5.10 Å². The number of hydrogen-bond donors (Lipinski definition) is 4. The fourth-order valence-electron chi connectivity index (χ4n) is 2.81. The normalized spacial score (nSPS) is 10.6. The van der Waals surface area contributed by atoms with Crippen LogP contribution in [0.2, 0.25) is 0 Å². The second-order valence-electron chi connectivity index (χ2n) is 6.38. The first-order chi connectivity index (χ1) is 13.6. The molecular formula is C20H19N7O. The number of aromatic nitrogens is 4. The molecule has 0 aliphatic rings. The first kappa shape index (κ1) is 17.5. The molecule has 28 heavy (non-hydrogen) atoms. The van der Waals surface area contributed by atoms with Gasteiger partial charge in [0.2, 0.25) is 0 Å². The monoisotopic (exact) mass is 373 g/mol. The highest BCUT2D eigenvalue weighted by molar-refractivity contribution is 6.00. The van der Waals surface area contributed by atoms with Crippen molar-refractivity contribution >= 4 is 39.9 Å². The lowest BCUT2D eigenvalue weighted by Crippen LogP contribution is -2.20. The number of urea groups is 1. The fourth-order valence-corrected chi connectivity index (χ4v) is 2.81. The Kier molecular flexibility index (Phi) is 4.59. The molecule has 0 aliphatic carbocycles. The predicted octanol–water partition coefficient (Wildman–Crippen LogP) is 4.36. The molecule has 140 valence electrons. The highest BCUT2D eigenvalue weighted by atomic mass is 16.2. The molecule has 0 saturated heterocycles. The van der Waals surface area contributed by atoms with Crippen molar-refractivity contribution in [1.29, 1.82) is 0 Å². The molecule has 2 amide bonds. The minimum Gasteiger partial charge on any atom is -0.340 e. The third kappa shape index (κ3) is 3.61. The lowest BCUT2D eigenvalue weighted by molar-refractivity contribution is 0.262. The van der Waals surface area contributed by atoms with Gasteiger partial charge in [-0.1, -0.05) is 12.1 Å². The Morgan fingerprint density at radius 2 is 1.75 bits per heavy atom. The molecule has 4 aromatic rings. The Morgan fingerprint density at radius 1 is 0.964 bits per heavy atom. The zero-order valence-electron chi connectivity index (χ0n) is 15.4. The summed E-state index contributed by atoms with van der Waals surface area (Å²) in [6, 6.07) is 12.9. The van der Waals surface area contributed by atoms with E-state index in [9.17, 15) is 4.79 Å². The molecule has 2 aromatic carbocycles. The van der Waals surface area contributed by atoms with Crippen LogP contribution in [0.3, 0.4) is 0 Å². The summed E-state index contributed by atoms with van der Waals surface area (Å²) in [4.78, 5) is 20.6. The molecule has 4 rings (SSSR count). The third-order valence-electron chi connectivity index (χ3n) is 4.51. The number of aryl methyl sites for hydroxylation is 1. The largest absolute Gasteiger partial charge is 0.340 e. The highest BCUT2D eigenvalue weighted by Crippen LogP contribution is 2.23. The first-order valence-corrected chi connectivity index (χ1v) is 8.75. The van der Waals surface area contributed by atoms with Crippen LogP contribution in [-0.4, -0.2) is 26.2 Å². The van der Waals surface area contributed by atoms with E-state index in [0.717, 1.165) is 27.9 Å². The van der Waals surface area contributed by atoms with E-state index in [4.69, 9.17) is 0 Å². The van der Waals surface area contributed by atoms with Crippen molar-refractivity contribution in [3.63, 3.8) is 0 Å². The number of H-pyrrole nitrogens is 1. The molecule has 0 aliphatic heterocycles. The van der Waals surface area contributed by atoms with E-state index in [1.54, 1.807) is 6.20 Å². The summed E-state index contributed by atoms with van der Waals surface area (Å²) >= 11 is 0. The van der Waals surface area contributed by atoms with Crippen LogP contribution in [0.15, 0.2) is 55.0 Å². The molecule has 0 unspecified atom stereocenters. The van der Waals surface area contributed by atoms with Gasteiger partial charge in [0.1, 0.15) is 12.1 Å². The molecule has 8 nitrogen and oxygen atoms in total. The molecular weight excluding hydrogens is 354 g/mol. The van der Waals surface area contributed by atoms with E-state index in [2.05, 4.69) is 36.1 Å². The van der Waals surface area contributed by atoms with Crippen LogP contribution >= 0.6 is 0 Å². The molecule has 0 spiro atoms. The summed E-state index contributed by atoms with van der Waals surface area (Å²) in [5, 5.41) is 16.5. The summed E-state index contributed by atoms with van der Waals surface area (Å²) in [6.45, 7) is 3.99. The van der Waals surface area contributed by atoms with Crippen LogP contribution in [0.1, 0.15) is 11.1 Å². The Morgan fingerprint density at radius 3 is 2.57 bits per heavy atom. The number of anilines is 4. The van der Waals surface area contributed by atoms with Gasteiger partial charge in [-0.3, -0.25) is 5.10 Å². The van der Waals surface area contributed by atoms with Crippen LogP contribution < -0.4 is 16.0 Å². The third-order valence-corrected chi connectivity index (χ3v) is 4.51. The van der Waals surface area contributed by atoms with Crippen molar-refractivity contribution in [1.82, 2.24) is 20.2 Å². The van der Waals surface area contributed by atoms with Crippen molar-refractivity contribution in [3.05, 3.63) is 66.1 Å². The fraction of sp³-hybridized carbons (Fsp3) is 0.100. The number of benzene rings is 2. The topological polar surface area (TPSA) is 108 Å².